The Balaban J connectivity index is 2.25. The zero-order valence-electron chi connectivity index (χ0n) is 10.5. The van der Waals surface area contributed by atoms with Gasteiger partial charge in [0.2, 0.25) is 10.0 Å². The number of anilines is 1. The Morgan fingerprint density at radius 1 is 1.25 bits per heavy atom. The van der Waals surface area contributed by atoms with Crippen molar-refractivity contribution in [2.45, 2.75) is 18.4 Å². The summed E-state index contributed by atoms with van der Waals surface area (Å²) in [5.74, 6) is -1.32. The molecule has 3 N–H and O–H groups in total. The first-order valence-corrected chi connectivity index (χ1v) is 7.08. The maximum Gasteiger partial charge on any atom is 0.243 e. The SMILES string of the molecule is Cc1ccc(CNS(=O)(=O)c2ccc(F)c(N)c2F)o1. The number of furan rings is 1. The number of aryl methyl sites for hydroxylation is 1. The van der Waals surface area contributed by atoms with Crippen LogP contribution in [0.1, 0.15) is 11.5 Å². The Hall–Kier alpha value is -1.93. The van der Waals surface area contributed by atoms with Crippen molar-refractivity contribution in [1.29, 1.82) is 0 Å². The van der Waals surface area contributed by atoms with Crippen LogP contribution in [0.25, 0.3) is 0 Å². The van der Waals surface area contributed by atoms with E-state index in [2.05, 4.69) is 4.72 Å². The fraction of sp³-hybridized carbons (Fsp3) is 0.167. The summed E-state index contributed by atoms with van der Waals surface area (Å²) in [6.07, 6.45) is 0. The normalized spacial score (nSPS) is 11.8. The minimum Gasteiger partial charge on any atom is -0.465 e. The molecule has 1 aromatic heterocycles. The number of benzene rings is 1. The number of hydrogen-bond acceptors (Lipinski definition) is 4. The van der Waals surface area contributed by atoms with E-state index < -0.39 is 32.2 Å². The highest BCUT2D eigenvalue weighted by molar-refractivity contribution is 7.89. The number of rotatable bonds is 4. The van der Waals surface area contributed by atoms with Crippen LogP contribution in [0.15, 0.2) is 33.6 Å². The number of hydrogen-bond donors (Lipinski definition) is 2. The minimum atomic E-state index is -4.15. The van der Waals surface area contributed by atoms with E-state index in [-0.39, 0.29) is 6.54 Å². The number of halogens is 2. The highest BCUT2D eigenvalue weighted by Crippen LogP contribution is 2.22. The summed E-state index contributed by atoms with van der Waals surface area (Å²) < 4.78 is 57.9. The first kappa shape index (κ1) is 14.5. The molecule has 20 heavy (non-hydrogen) atoms. The monoisotopic (exact) mass is 302 g/mol. The average Bonchev–Trinajstić information content (AvgIpc) is 2.79. The molecule has 0 aliphatic rings. The quantitative estimate of drug-likeness (QED) is 0.845. The number of nitrogen functional groups attached to an aromatic ring is 1. The van der Waals surface area contributed by atoms with E-state index in [9.17, 15) is 17.2 Å². The second-order valence-corrected chi connectivity index (χ2v) is 5.85. The summed E-state index contributed by atoms with van der Waals surface area (Å²) >= 11 is 0. The predicted molar refractivity (Wildman–Crippen MR) is 68.2 cm³/mol. The van der Waals surface area contributed by atoms with E-state index >= 15 is 0 Å². The van der Waals surface area contributed by atoms with Gasteiger partial charge in [-0.25, -0.2) is 21.9 Å². The molecular formula is C12H12F2N2O3S. The van der Waals surface area contributed by atoms with Gasteiger partial charge in [-0.15, -0.1) is 0 Å². The van der Waals surface area contributed by atoms with Gasteiger partial charge in [0.05, 0.1) is 6.54 Å². The van der Waals surface area contributed by atoms with Crippen molar-refractivity contribution < 1.29 is 21.6 Å². The van der Waals surface area contributed by atoms with Gasteiger partial charge in [-0.2, -0.15) is 0 Å². The molecule has 5 nitrogen and oxygen atoms in total. The topological polar surface area (TPSA) is 85.3 Å². The first-order chi connectivity index (χ1) is 9.31. The first-order valence-electron chi connectivity index (χ1n) is 5.59. The molecular weight excluding hydrogens is 290 g/mol. The standard InChI is InChI=1S/C12H12F2N2O3S/c1-7-2-3-8(19-7)6-16-20(17,18)10-5-4-9(13)12(15)11(10)14/h2-5,16H,6,15H2,1H3. The molecule has 2 aromatic rings. The lowest BCUT2D eigenvalue weighted by Gasteiger charge is -2.08. The van der Waals surface area contributed by atoms with Crippen molar-refractivity contribution >= 4 is 15.7 Å². The summed E-state index contributed by atoms with van der Waals surface area (Å²) in [7, 11) is -4.15. The van der Waals surface area contributed by atoms with Gasteiger partial charge in [-0.05, 0) is 31.2 Å². The Labute approximate surface area is 114 Å². The summed E-state index contributed by atoms with van der Waals surface area (Å²) in [5.41, 5.74) is 4.30. The third kappa shape index (κ3) is 2.81. The Morgan fingerprint density at radius 3 is 2.55 bits per heavy atom. The number of nitrogens with one attached hydrogen (secondary N) is 1. The van der Waals surface area contributed by atoms with E-state index in [4.69, 9.17) is 10.2 Å². The lowest BCUT2D eigenvalue weighted by molar-refractivity contribution is 0.474. The largest absolute Gasteiger partial charge is 0.465 e. The van der Waals surface area contributed by atoms with Crippen molar-refractivity contribution in [3.63, 3.8) is 0 Å². The molecule has 108 valence electrons. The van der Waals surface area contributed by atoms with Crippen molar-refractivity contribution in [3.8, 4) is 0 Å². The third-order valence-corrected chi connectivity index (χ3v) is 4.03. The van der Waals surface area contributed by atoms with Crippen LogP contribution in [0.3, 0.4) is 0 Å². The Morgan fingerprint density at radius 2 is 1.95 bits per heavy atom. The second kappa shape index (κ2) is 5.22. The fourth-order valence-corrected chi connectivity index (χ4v) is 2.66. The molecule has 1 heterocycles. The predicted octanol–water partition coefficient (Wildman–Crippen LogP) is 1.93. The minimum absolute atomic E-state index is 0.146. The van der Waals surface area contributed by atoms with Gasteiger partial charge >= 0.3 is 0 Å². The lowest BCUT2D eigenvalue weighted by atomic mass is 10.3. The molecule has 0 amide bonds. The molecule has 2 rings (SSSR count). The van der Waals surface area contributed by atoms with E-state index in [1.54, 1.807) is 19.1 Å². The van der Waals surface area contributed by atoms with Crippen LogP contribution in [0.4, 0.5) is 14.5 Å². The van der Waals surface area contributed by atoms with Crippen LogP contribution in [-0.2, 0) is 16.6 Å². The summed E-state index contributed by atoms with van der Waals surface area (Å²) in [6.45, 7) is 1.56. The Bertz CT molecular complexity index is 741. The molecule has 0 saturated carbocycles. The van der Waals surface area contributed by atoms with E-state index in [1.165, 1.54) is 0 Å². The van der Waals surface area contributed by atoms with E-state index in [0.717, 1.165) is 12.1 Å². The van der Waals surface area contributed by atoms with E-state index in [1.807, 2.05) is 0 Å². The van der Waals surface area contributed by atoms with Crippen molar-refractivity contribution in [2.24, 2.45) is 0 Å². The third-order valence-electron chi connectivity index (χ3n) is 2.61. The Kier molecular flexibility index (Phi) is 3.78. The zero-order chi connectivity index (χ0) is 14.9. The lowest BCUT2D eigenvalue weighted by Crippen LogP contribution is -2.24. The van der Waals surface area contributed by atoms with Gasteiger partial charge < -0.3 is 10.2 Å². The maximum absolute atomic E-state index is 13.7. The zero-order valence-corrected chi connectivity index (χ0v) is 11.3. The highest BCUT2D eigenvalue weighted by atomic mass is 32.2. The average molecular weight is 302 g/mol. The van der Waals surface area contributed by atoms with Crippen LogP contribution >= 0.6 is 0 Å². The molecule has 0 fully saturated rings. The van der Waals surface area contributed by atoms with Gasteiger partial charge in [0, 0.05) is 0 Å². The van der Waals surface area contributed by atoms with Gasteiger partial charge in [0.25, 0.3) is 0 Å². The van der Waals surface area contributed by atoms with Crippen molar-refractivity contribution in [1.82, 2.24) is 4.72 Å². The van der Waals surface area contributed by atoms with Crippen LogP contribution in [0, 0.1) is 18.6 Å². The van der Waals surface area contributed by atoms with Gasteiger partial charge in [0.15, 0.2) is 5.82 Å². The molecule has 8 heteroatoms. The van der Waals surface area contributed by atoms with Gasteiger partial charge in [-0.1, -0.05) is 0 Å². The number of nitrogens with two attached hydrogens (primary N) is 1. The molecule has 0 atom stereocenters. The number of sulfonamides is 1. The molecule has 0 unspecified atom stereocenters. The van der Waals surface area contributed by atoms with Crippen LogP contribution in [0.5, 0.6) is 0 Å². The second-order valence-electron chi connectivity index (χ2n) is 4.11. The fourth-order valence-electron chi connectivity index (χ4n) is 1.58. The molecule has 0 radical (unpaired) electrons. The van der Waals surface area contributed by atoms with Crippen molar-refractivity contribution in [2.75, 3.05) is 5.73 Å². The van der Waals surface area contributed by atoms with Crippen molar-refractivity contribution in [3.05, 3.63) is 47.4 Å². The smallest absolute Gasteiger partial charge is 0.243 e. The molecule has 0 bridgehead atoms. The molecule has 0 spiro atoms. The molecule has 0 saturated heterocycles. The summed E-state index contributed by atoms with van der Waals surface area (Å²) in [4.78, 5) is -0.709. The van der Waals surface area contributed by atoms with Crippen LogP contribution < -0.4 is 10.5 Å². The highest BCUT2D eigenvalue weighted by Gasteiger charge is 2.22. The maximum atomic E-state index is 13.7. The molecule has 0 aliphatic carbocycles. The molecule has 1 aromatic carbocycles. The van der Waals surface area contributed by atoms with Gasteiger partial charge in [0.1, 0.15) is 27.9 Å². The van der Waals surface area contributed by atoms with Crippen LogP contribution in [-0.4, -0.2) is 8.42 Å². The molecule has 0 aliphatic heterocycles. The summed E-state index contributed by atoms with van der Waals surface area (Å²) in [6, 6.07) is 4.87. The summed E-state index contributed by atoms with van der Waals surface area (Å²) in [5, 5.41) is 0. The van der Waals surface area contributed by atoms with E-state index in [0.29, 0.717) is 11.5 Å². The van der Waals surface area contributed by atoms with Crippen LogP contribution in [0.2, 0.25) is 0 Å². The van der Waals surface area contributed by atoms with Gasteiger partial charge in [-0.3, -0.25) is 0 Å².